The second kappa shape index (κ2) is 6.24. The Kier molecular flexibility index (Phi) is 4.94. The first-order chi connectivity index (χ1) is 8.84. The molecule has 0 atom stereocenters. The van der Waals surface area contributed by atoms with Gasteiger partial charge in [-0.2, -0.15) is 5.26 Å². The lowest BCUT2D eigenvalue weighted by atomic mass is 9.87. The van der Waals surface area contributed by atoms with E-state index in [1.54, 1.807) is 13.1 Å². The predicted molar refractivity (Wildman–Crippen MR) is 74.0 cm³/mol. The second-order valence-electron chi connectivity index (χ2n) is 5.48. The number of rotatable bonds is 3. The first-order valence-electron chi connectivity index (χ1n) is 6.25. The highest BCUT2D eigenvalue weighted by atomic mass is 16.6. The molecule has 102 valence electrons. The maximum Gasteiger partial charge on any atom is 0.414 e. The summed E-state index contributed by atoms with van der Waals surface area (Å²) in [6.07, 6.45) is -0.144. The Morgan fingerprint density at radius 3 is 2.68 bits per heavy atom. The highest BCUT2D eigenvalue weighted by Crippen LogP contribution is 2.25. The van der Waals surface area contributed by atoms with Crippen molar-refractivity contribution in [1.29, 1.82) is 5.26 Å². The average Bonchev–Trinajstić information content (AvgIpc) is 2.35. The van der Waals surface area contributed by atoms with Gasteiger partial charge in [-0.05, 0) is 23.1 Å². The monoisotopic (exact) mass is 260 g/mol. The molecule has 4 nitrogen and oxygen atoms in total. The fourth-order valence-corrected chi connectivity index (χ4v) is 1.51. The van der Waals surface area contributed by atoms with Crippen LogP contribution in [0.25, 0.3) is 0 Å². The molecule has 0 aromatic heterocycles. The Balaban J connectivity index is 2.73. The molecule has 0 aliphatic carbocycles. The first-order valence-corrected chi connectivity index (χ1v) is 6.25. The summed E-state index contributed by atoms with van der Waals surface area (Å²) in [7, 11) is 1.62. The Bertz CT molecular complexity index is 484. The molecule has 0 saturated heterocycles. The molecular formula is C15H20N2O2. The summed E-state index contributed by atoms with van der Waals surface area (Å²) in [4.78, 5) is 13.2. The molecule has 4 heteroatoms. The molecule has 19 heavy (non-hydrogen) atoms. The molecule has 0 radical (unpaired) electrons. The van der Waals surface area contributed by atoms with Gasteiger partial charge in [-0.3, -0.25) is 0 Å². The number of carbonyl (C=O) groups is 1. The van der Waals surface area contributed by atoms with Gasteiger partial charge in [0.15, 0.2) is 0 Å². The summed E-state index contributed by atoms with van der Waals surface area (Å²) in [6.45, 7) is 6.68. The fourth-order valence-electron chi connectivity index (χ4n) is 1.51. The molecule has 1 amide bonds. The summed E-state index contributed by atoms with van der Waals surface area (Å²) in [6, 6.07) is 9.51. The van der Waals surface area contributed by atoms with Crippen molar-refractivity contribution in [3.63, 3.8) is 0 Å². The number of ether oxygens (including phenoxy) is 1. The lowest BCUT2D eigenvalue weighted by molar-refractivity contribution is 0.164. The normalized spacial score (nSPS) is 10.7. The van der Waals surface area contributed by atoms with Crippen LogP contribution in [0.3, 0.4) is 0 Å². The van der Waals surface area contributed by atoms with Crippen LogP contribution in [0, 0.1) is 11.3 Å². The molecule has 0 heterocycles. The molecule has 0 aliphatic rings. The van der Waals surface area contributed by atoms with Crippen molar-refractivity contribution in [2.24, 2.45) is 0 Å². The Hall–Kier alpha value is -2.02. The Morgan fingerprint density at radius 1 is 1.42 bits per heavy atom. The molecule has 0 fully saturated rings. The zero-order chi connectivity index (χ0) is 14.5. The molecule has 0 spiro atoms. The lowest BCUT2D eigenvalue weighted by Crippen LogP contribution is -2.30. The number of amides is 1. The maximum atomic E-state index is 11.8. The van der Waals surface area contributed by atoms with Gasteiger partial charge in [0.1, 0.15) is 5.75 Å². The molecule has 0 bridgehead atoms. The molecule has 1 rings (SSSR count). The number of nitrogens with zero attached hydrogens (tertiary/aromatic N) is 2. The van der Waals surface area contributed by atoms with Crippen LogP contribution >= 0.6 is 0 Å². The average molecular weight is 260 g/mol. The van der Waals surface area contributed by atoms with Crippen LogP contribution in [-0.4, -0.2) is 24.6 Å². The van der Waals surface area contributed by atoms with E-state index in [9.17, 15) is 4.79 Å². The van der Waals surface area contributed by atoms with Crippen LogP contribution in [0.4, 0.5) is 4.79 Å². The zero-order valence-electron chi connectivity index (χ0n) is 11.9. The van der Waals surface area contributed by atoms with Gasteiger partial charge in [0.25, 0.3) is 0 Å². The number of benzene rings is 1. The van der Waals surface area contributed by atoms with Gasteiger partial charge in [0.05, 0.1) is 12.5 Å². The second-order valence-corrected chi connectivity index (χ2v) is 5.48. The summed E-state index contributed by atoms with van der Waals surface area (Å²) >= 11 is 0. The quantitative estimate of drug-likeness (QED) is 0.837. The van der Waals surface area contributed by atoms with E-state index in [4.69, 9.17) is 10.00 Å². The summed E-state index contributed by atoms with van der Waals surface area (Å²) in [5.41, 5.74) is 1.12. The van der Waals surface area contributed by atoms with Crippen molar-refractivity contribution in [2.75, 3.05) is 13.6 Å². The van der Waals surface area contributed by atoms with Crippen molar-refractivity contribution in [3.05, 3.63) is 29.8 Å². The molecule has 0 saturated carbocycles. The molecule has 1 aromatic carbocycles. The topological polar surface area (TPSA) is 53.3 Å². The predicted octanol–water partition coefficient (Wildman–Crippen LogP) is 3.33. The number of hydrogen-bond acceptors (Lipinski definition) is 3. The summed E-state index contributed by atoms with van der Waals surface area (Å²) in [5.74, 6) is 0.529. The van der Waals surface area contributed by atoms with Crippen LogP contribution in [0.1, 0.15) is 32.8 Å². The third kappa shape index (κ3) is 4.63. The van der Waals surface area contributed by atoms with Crippen molar-refractivity contribution in [3.8, 4) is 11.8 Å². The van der Waals surface area contributed by atoms with E-state index >= 15 is 0 Å². The van der Waals surface area contributed by atoms with Crippen molar-refractivity contribution < 1.29 is 9.53 Å². The van der Waals surface area contributed by atoms with E-state index in [1.165, 1.54) is 4.90 Å². The molecular weight excluding hydrogens is 240 g/mol. The Labute approximate surface area is 114 Å². The van der Waals surface area contributed by atoms with Crippen LogP contribution < -0.4 is 4.74 Å². The van der Waals surface area contributed by atoms with Gasteiger partial charge < -0.3 is 9.64 Å². The van der Waals surface area contributed by atoms with Crippen LogP contribution in [0.2, 0.25) is 0 Å². The minimum absolute atomic E-state index is 0.00906. The third-order valence-corrected chi connectivity index (χ3v) is 2.78. The summed E-state index contributed by atoms with van der Waals surface area (Å²) < 4.78 is 5.29. The minimum atomic E-state index is -0.443. The highest BCUT2D eigenvalue weighted by Gasteiger charge is 2.16. The zero-order valence-corrected chi connectivity index (χ0v) is 11.9. The third-order valence-electron chi connectivity index (χ3n) is 2.78. The van der Waals surface area contributed by atoms with Gasteiger partial charge >= 0.3 is 6.09 Å². The number of carbonyl (C=O) groups excluding carboxylic acids is 1. The van der Waals surface area contributed by atoms with Crippen molar-refractivity contribution in [1.82, 2.24) is 4.90 Å². The van der Waals surface area contributed by atoms with Crippen LogP contribution in [-0.2, 0) is 5.41 Å². The minimum Gasteiger partial charge on any atom is -0.410 e. The Morgan fingerprint density at radius 2 is 2.11 bits per heavy atom. The standard InChI is InChI=1S/C15H20N2O2/c1-15(2,3)12-7-5-8-13(11-12)19-14(18)17(4)10-6-9-16/h5,7-8,11H,6,10H2,1-4H3. The number of hydrogen-bond donors (Lipinski definition) is 0. The van der Waals surface area contributed by atoms with E-state index in [2.05, 4.69) is 20.8 Å². The molecule has 1 aromatic rings. The number of nitriles is 1. The van der Waals surface area contributed by atoms with E-state index in [0.717, 1.165) is 5.56 Å². The lowest BCUT2D eigenvalue weighted by Gasteiger charge is -2.20. The first kappa shape index (κ1) is 15.0. The van der Waals surface area contributed by atoms with Crippen molar-refractivity contribution in [2.45, 2.75) is 32.6 Å². The van der Waals surface area contributed by atoms with E-state index < -0.39 is 6.09 Å². The van der Waals surface area contributed by atoms with Gasteiger partial charge in [-0.15, -0.1) is 0 Å². The highest BCUT2D eigenvalue weighted by molar-refractivity contribution is 5.70. The van der Waals surface area contributed by atoms with E-state index in [1.807, 2.05) is 24.3 Å². The van der Waals surface area contributed by atoms with Gasteiger partial charge in [-0.1, -0.05) is 32.9 Å². The maximum absolute atomic E-state index is 11.8. The molecule has 0 aliphatic heterocycles. The fraction of sp³-hybridized carbons (Fsp3) is 0.467. The van der Waals surface area contributed by atoms with Crippen molar-refractivity contribution >= 4 is 6.09 Å². The van der Waals surface area contributed by atoms with Crippen LogP contribution in [0.15, 0.2) is 24.3 Å². The van der Waals surface area contributed by atoms with Gasteiger partial charge in [-0.25, -0.2) is 4.79 Å². The molecule has 0 unspecified atom stereocenters. The largest absolute Gasteiger partial charge is 0.414 e. The smallest absolute Gasteiger partial charge is 0.410 e. The van der Waals surface area contributed by atoms with Gasteiger partial charge in [0, 0.05) is 13.6 Å². The summed E-state index contributed by atoms with van der Waals surface area (Å²) in [5, 5.41) is 8.48. The van der Waals surface area contributed by atoms with Crippen LogP contribution in [0.5, 0.6) is 5.75 Å². The van der Waals surface area contributed by atoms with E-state index in [0.29, 0.717) is 18.7 Å². The molecule has 0 N–H and O–H groups in total. The SMILES string of the molecule is CN(CCC#N)C(=O)Oc1cccc(C(C)(C)C)c1. The van der Waals surface area contributed by atoms with Gasteiger partial charge in [0.2, 0.25) is 0 Å². The van der Waals surface area contributed by atoms with E-state index in [-0.39, 0.29) is 5.41 Å².